The molecule has 19 heavy (non-hydrogen) atoms. The maximum absolute atomic E-state index is 11.7. The number of likely N-dealkylation sites (tertiary alicyclic amines) is 1. The van der Waals surface area contributed by atoms with Crippen molar-refractivity contribution in [1.82, 2.24) is 15.5 Å². The number of rotatable bonds is 5. The maximum atomic E-state index is 11.7. The van der Waals surface area contributed by atoms with E-state index in [9.17, 15) is 14.4 Å². The highest BCUT2D eigenvalue weighted by Crippen LogP contribution is 2.23. The lowest BCUT2D eigenvalue weighted by Crippen LogP contribution is -2.57. The van der Waals surface area contributed by atoms with E-state index in [0.29, 0.717) is 13.1 Å². The number of nitrogens with one attached hydrogen (secondary N) is 2. The summed E-state index contributed by atoms with van der Waals surface area (Å²) in [5.74, 6) is -1.45. The minimum atomic E-state index is -0.839. The first-order valence-electron chi connectivity index (χ1n) is 6.52. The van der Waals surface area contributed by atoms with E-state index in [4.69, 9.17) is 5.11 Å². The summed E-state index contributed by atoms with van der Waals surface area (Å²) in [5, 5.41) is 14.1. The summed E-state index contributed by atoms with van der Waals surface area (Å²) < 4.78 is 0. The Morgan fingerprint density at radius 1 is 1.32 bits per heavy atom. The van der Waals surface area contributed by atoms with Crippen molar-refractivity contribution in [3.63, 3.8) is 0 Å². The third-order valence-electron chi connectivity index (χ3n) is 3.64. The van der Waals surface area contributed by atoms with Gasteiger partial charge in [0.25, 0.3) is 0 Å². The van der Waals surface area contributed by atoms with Crippen LogP contribution in [-0.4, -0.2) is 53.6 Å². The number of carbonyl (C=O) groups is 3. The lowest BCUT2D eigenvalue weighted by Gasteiger charge is -2.40. The normalized spacial score (nSPS) is 20.4. The van der Waals surface area contributed by atoms with Gasteiger partial charge in [0, 0.05) is 25.0 Å². The third kappa shape index (κ3) is 3.59. The van der Waals surface area contributed by atoms with Crippen LogP contribution in [0.1, 0.15) is 19.8 Å². The van der Waals surface area contributed by atoms with Gasteiger partial charge in [-0.1, -0.05) is 6.92 Å². The largest absolute Gasteiger partial charge is 0.481 e. The van der Waals surface area contributed by atoms with Crippen LogP contribution in [0.25, 0.3) is 0 Å². The molecule has 1 aliphatic carbocycles. The second-order valence-electron chi connectivity index (χ2n) is 5.29. The first-order chi connectivity index (χ1) is 8.97. The molecular formula is C12H19N3O4. The number of urea groups is 1. The summed E-state index contributed by atoms with van der Waals surface area (Å²) in [5.41, 5.74) is 0. The van der Waals surface area contributed by atoms with E-state index in [1.54, 1.807) is 6.92 Å². The van der Waals surface area contributed by atoms with E-state index >= 15 is 0 Å². The van der Waals surface area contributed by atoms with E-state index in [2.05, 4.69) is 10.6 Å². The Balaban J connectivity index is 1.62. The van der Waals surface area contributed by atoms with E-state index in [1.807, 2.05) is 0 Å². The van der Waals surface area contributed by atoms with Gasteiger partial charge in [-0.05, 0) is 12.8 Å². The number of aliphatic carboxylic acids is 1. The first-order valence-corrected chi connectivity index (χ1v) is 6.52. The second-order valence-corrected chi connectivity index (χ2v) is 5.29. The van der Waals surface area contributed by atoms with Crippen molar-refractivity contribution in [3.05, 3.63) is 0 Å². The lowest BCUT2D eigenvalue weighted by molar-refractivity contribution is -0.144. The number of nitrogens with zero attached hydrogens (tertiary/aromatic N) is 1. The summed E-state index contributed by atoms with van der Waals surface area (Å²) in [6.07, 6.45) is 2.03. The van der Waals surface area contributed by atoms with Gasteiger partial charge >= 0.3 is 12.0 Å². The van der Waals surface area contributed by atoms with Crippen LogP contribution in [0.2, 0.25) is 0 Å². The monoisotopic (exact) mass is 269 g/mol. The van der Waals surface area contributed by atoms with Crippen molar-refractivity contribution < 1.29 is 19.5 Å². The van der Waals surface area contributed by atoms with Gasteiger partial charge in [-0.3, -0.25) is 9.59 Å². The number of carboxylic acid groups (broad SMARTS) is 1. The molecule has 0 aromatic heterocycles. The summed E-state index contributed by atoms with van der Waals surface area (Å²) in [6, 6.07) is -0.0195. The van der Waals surface area contributed by atoms with Crippen LogP contribution in [0.3, 0.4) is 0 Å². The molecule has 2 fully saturated rings. The number of hydrogen-bond acceptors (Lipinski definition) is 3. The van der Waals surface area contributed by atoms with Crippen molar-refractivity contribution >= 4 is 17.9 Å². The molecule has 1 aliphatic heterocycles. The minimum absolute atomic E-state index is 0.00328. The Hall–Kier alpha value is -1.79. The molecule has 3 N–H and O–H groups in total. The molecule has 1 saturated carbocycles. The average molecular weight is 269 g/mol. The molecule has 0 aromatic carbocycles. The van der Waals surface area contributed by atoms with Crippen LogP contribution < -0.4 is 10.6 Å². The van der Waals surface area contributed by atoms with Crippen molar-refractivity contribution in [1.29, 1.82) is 0 Å². The van der Waals surface area contributed by atoms with E-state index in [-0.39, 0.29) is 30.4 Å². The molecule has 7 nitrogen and oxygen atoms in total. The van der Waals surface area contributed by atoms with Crippen molar-refractivity contribution in [2.24, 2.45) is 11.8 Å². The maximum Gasteiger partial charge on any atom is 0.317 e. The zero-order valence-electron chi connectivity index (χ0n) is 10.9. The van der Waals surface area contributed by atoms with Crippen LogP contribution >= 0.6 is 0 Å². The number of amides is 3. The Morgan fingerprint density at radius 2 is 1.95 bits per heavy atom. The molecule has 7 heteroatoms. The molecular weight excluding hydrogens is 250 g/mol. The van der Waals surface area contributed by atoms with Crippen molar-refractivity contribution in [3.8, 4) is 0 Å². The Kier molecular flexibility index (Phi) is 3.92. The van der Waals surface area contributed by atoms with Crippen LogP contribution in [-0.2, 0) is 9.59 Å². The molecule has 0 radical (unpaired) electrons. The van der Waals surface area contributed by atoms with Gasteiger partial charge in [-0.2, -0.15) is 0 Å². The second kappa shape index (κ2) is 5.46. The highest BCUT2D eigenvalue weighted by Gasteiger charge is 2.37. The standard InChI is InChI=1S/C12H19N3O4/c1-7(11(17)18)8-5-15(6-8)12(19)13-4-10(16)14-9-2-3-9/h7-9H,2-6H2,1H3,(H,13,19)(H,14,16)(H,17,18). The molecule has 1 heterocycles. The fourth-order valence-electron chi connectivity index (χ4n) is 1.97. The fraction of sp³-hybridized carbons (Fsp3) is 0.750. The van der Waals surface area contributed by atoms with Crippen molar-refractivity contribution in [2.45, 2.75) is 25.8 Å². The number of hydrogen-bond donors (Lipinski definition) is 3. The molecule has 3 amide bonds. The van der Waals surface area contributed by atoms with Gasteiger partial charge in [-0.25, -0.2) is 4.79 Å². The Bertz CT molecular complexity index is 388. The molecule has 0 aromatic rings. The Labute approximate surface area is 111 Å². The predicted octanol–water partition coefficient (Wildman–Crippen LogP) is -0.373. The van der Waals surface area contributed by atoms with Crippen LogP contribution in [0.4, 0.5) is 4.79 Å². The molecule has 1 atom stereocenters. The van der Waals surface area contributed by atoms with Crippen LogP contribution in [0.15, 0.2) is 0 Å². The SMILES string of the molecule is CC(C(=O)O)C1CN(C(=O)NCC(=O)NC2CC2)C1. The summed E-state index contributed by atoms with van der Waals surface area (Å²) in [4.78, 5) is 35.3. The number of carboxylic acids is 1. The van der Waals surface area contributed by atoms with E-state index in [0.717, 1.165) is 12.8 Å². The summed E-state index contributed by atoms with van der Waals surface area (Å²) in [7, 11) is 0. The molecule has 1 unspecified atom stereocenters. The molecule has 1 saturated heterocycles. The van der Waals surface area contributed by atoms with Gasteiger partial charge in [0.05, 0.1) is 12.5 Å². The summed E-state index contributed by atoms with van der Waals surface area (Å²) >= 11 is 0. The van der Waals surface area contributed by atoms with Gasteiger partial charge < -0.3 is 20.6 Å². The van der Waals surface area contributed by atoms with Gasteiger partial charge in [0.15, 0.2) is 0 Å². The van der Waals surface area contributed by atoms with E-state index in [1.165, 1.54) is 4.90 Å². The molecule has 2 aliphatic rings. The molecule has 0 bridgehead atoms. The minimum Gasteiger partial charge on any atom is -0.481 e. The fourth-order valence-corrected chi connectivity index (χ4v) is 1.97. The zero-order valence-corrected chi connectivity index (χ0v) is 10.9. The summed E-state index contributed by atoms with van der Waals surface area (Å²) in [6.45, 7) is 2.49. The first kappa shape index (κ1) is 13.6. The smallest absolute Gasteiger partial charge is 0.317 e. The quantitative estimate of drug-likeness (QED) is 0.634. The van der Waals surface area contributed by atoms with Gasteiger partial charge in [-0.15, -0.1) is 0 Å². The lowest BCUT2D eigenvalue weighted by atomic mass is 9.87. The third-order valence-corrected chi connectivity index (χ3v) is 3.64. The van der Waals surface area contributed by atoms with Gasteiger partial charge in [0.1, 0.15) is 0 Å². The molecule has 2 rings (SSSR count). The molecule has 0 spiro atoms. The highest BCUT2D eigenvalue weighted by atomic mass is 16.4. The average Bonchev–Trinajstić information content (AvgIpc) is 3.07. The van der Waals surface area contributed by atoms with Crippen molar-refractivity contribution in [2.75, 3.05) is 19.6 Å². The van der Waals surface area contributed by atoms with Crippen LogP contribution in [0, 0.1) is 11.8 Å². The zero-order chi connectivity index (χ0) is 14.0. The van der Waals surface area contributed by atoms with E-state index < -0.39 is 11.9 Å². The topological polar surface area (TPSA) is 98.7 Å². The highest BCUT2D eigenvalue weighted by molar-refractivity contribution is 5.84. The predicted molar refractivity (Wildman–Crippen MR) is 66.4 cm³/mol. The molecule has 106 valence electrons. The Morgan fingerprint density at radius 3 is 2.47 bits per heavy atom. The number of carbonyl (C=O) groups excluding carboxylic acids is 2. The van der Waals surface area contributed by atoms with Gasteiger partial charge in [0.2, 0.25) is 5.91 Å². The van der Waals surface area contributed by atoms with Crippen LogP contribution in [0.5, 0.6) is 0 Å².